The first kappa shape index (κ1) is 13.2. The van der Waals surface area contributed by atoms with Crippen LogP contribution in [0.2, 0.25) is 0 Å². The molecule has 20 heavy (non-hydrogen) atoms. The Labute approximate surface area is 116 Å². The number of phenols is 2. The number of benzene rings is 2. The third kappa shape index (κ3) is 2.07. The molecule has 4 nitrogen and oxygen atoms in total. The van der Waals surface area contributed by atoms with Crippen LogP contribution in [0.5, 0.6) is 11.5 Å². The van der Waals surface area contributed by atoms with Gasteiger partial charge in [-0.1, -0.05) is 11.8 Å². The fourth-order valence-electron chi connectivity index (χ4n) is 1.89. The van der Waals surface area contributed by atoms with E-state index in [4.69, 9.17) is 24.3 Å². The first-order valence-corrected chi connectivity index (χ1v) is 5.66. The minimum absolute atomic E-state index is 0.113. The number of nitrogens with two attached hydrogens (primary N) is 2. The lowest BCUT2D eigenvalue weighted by molar-refractivity contribution is 0.477. The Morgan fingerprint density at radius 3 is 1.40 bits per heavy atom. The van der Waals surface area contributed by atoms with Crippen molar-refractivity contribution >= 4 is 11.4 Å². The van der Waals surface area contributed by atoms with Crippen molar-refractivity contribution in [2.75, 3.05) is 11.5 Å². The lowest BCUT2D eigenvalue weighted by Gasteiger charge is -2.12. The molecule has 0 amide bonds. The van der Waals surface area contributed by atoms with Gasteiger partial charge in [0, 0.05) is 22.3 Å². The lowest BCUT2D eigenvalue weighted by atomic mass is 9.94. The summed E-state index contributed by atoms with van der Waals surface area (Å²) >= 11 is 0. The van der Waals surface area contributed by atoms with Crippen LogP contribution in [0, 0.1) is 24.7 Å². The standard InChI is InChI=1S/C16H12N2O2/c1-3-9-5-13(17)15(19)7-11(9)12-8-16(20)14(18)6-10(12)4-2/h1-2,5-8,19-20H,17-18H2. The quantitative estimate of drug-likeness (QED) is 0.359. The first-order valence-electron chi connectivity index (χ1n) is 5.66. The molecule has 0 aliphatic carbocycles. The molecule has 0 bridgehead atoms. The minimum Gasteiger partial charge on any atom is -0.506 e. The second-order valence-electron chi connectivity index (χ2n) is 4.20. The van der Waals surface area contributed by atoms with E-state index < -0.39 is 0 Å². The predicted molar refractivity (Wildman–Crippen MR) is 79.9 cm³/mol. The van der Waals surface area contributed by atoms with Crippen LogP contribution in [0.4, 0.5) is 11.4 Å². The monoisotopic (exact) mass is 264 g/mol. The average Bonchev–Trinajstić information content (AvgIpc) is 2.43. The minimum atomic E-state index is -0.113. The Hall–Kier alpha value is -3.24. The van der Waals surface area contributed by atoms with Gasteiger partial charge in [-0.15, -0.1) is 12.8 Å². The highest BCUT2D eigenvalue weighted by Gasteiger charge is 2.13. The summed E-state index contributed by atoms with van der Waals surface area (Å²) < 4.78 is 0. The molecule has 0 atom stereocenters. The molecule has 0 fully saturated rings. The molecule has 0 radical (unpaired) electrons. The van der Waals surface area contributed by atoms with Crippen molar-refractivity contribution in [3.8, 4) is 47.3 Å². The van der Waals surface area contributed by atoms with Gasteiger partial charge in [-0.3, -0.25) is 0 Å². The fraction of sp³-hybridized carbons (Fsp3) is 0. The van der Waals surface area contributed by atoms with E-state index >= 15 is 0 Å². The summed E-state index contributed by atoms with van der Waals surface area (Å²) in [5, 5.41) is 19.5. The molecule has 0 saturated carbocycles. The first-order chi connectivity index (χ1) is 9.47. The van der Waals surface area contributed by atoms with Gasteiger partial charge in [0.25, 0.3) is 0 Å². The third-order valence-corrected chi connectivity index (χ3v) is 2.93. The van der Waals surface area contributed by atoms with Gasteiger partial charge in [0.05, 0.1) is 11.4 Å². The highest BCUT2D eigenvalue weighted by Crippen LogP contribution is 2.36. The van der Waals surface area contributed by atoms with E-state index in [1.807, 2.05) is 0 Å². The number of phenolic OH excluding ortho intramolecular Hbond substituents is 2. The van der Waals surface area contributed by atoms with E-state index in [0.717, 1.165) is 0 Å². The van der Waals surface area contributed by atoms with E-state index in [-0.39, 0.29) is 22.9 Å². The summed E-state index contributed by atoms with van der Waals surface area (Å²) in [7, 11) is 0. The molecular weight excluding hydrogens is 252 g/mol. The van der Waals surface area contributed by atoms with E-state index in [1.165, 1.54) is 24.3 Å². The smallest absolute Gasteiger partial charge is 0.139 e. The van der Waals surface area contributed by atoms with Crippen molar-refractivity contribution in [3.05, 3.63) is 35.4 Å². The van der Waals surface area contributed by atoms with Gasteiger partial charge in [0.2, 0.25) is 0 Å². The molecule has 2 rings (SSSR count). The molecule has 0 aliphatic rings. The normalized spacial score (nSPS) is 9.70. The van der Waals surface area contributed by atoms with Gasteiger partial charge in [-0.2, -0.15) is 0 Å². The number of aromatic hydroxyl groups is 2. The van der Waals surface area contributed by atoms with Crippen LogP contribution in [0.1, 0.15) is 11.1 Å². The Kier molecular flexibility index (Phi) is 3.16. The summed E-state index contributed by atoms with van der Waals surface area (Å²) in [6, 6.07) is 5.77. The van der Waals surface area contributed by atoms with Crippen molar-refractivity contribution in [2.45, 2.75) is 0 Å². The van der Waals surface area contributed by atoms with Gasteiger partial charge in [-0.25, -0.2) is 0 Å². The number of hydrogen-bond donors (Lipinski definition) is 4. The lowest BCUT2D eigenvalue weighted by Crippen LogP contribution is -1.95. The third-order valence-electron chi connectivity index (χ3n) is 2.93. The van der Waals surface area contributed by atoms with Crippen LogP contribution in [-0.4, -0.2) is 10.2 Å². The Bertz CT molecular complexity index is 713. The van der Waals surface area contributed by atoms with Crippen LogP contribution < -0.4 is 11.5 Å². The maximum absolute atomic E-state index is 9.74. The largest absolute Gasteiger partial charge is 0.506 e. The van der Waals surface area contributed by atoms with Crippen molar-refractivity contribution < 1.29 is 10.2 Å². The number of anilines is 2. The van der Waals surface area contributed by atoms with Crippen molar-refractivity contribution in [2.24, 2.45) is 0 Å². The maximum Gasteiger partial charge on any atom is 0.139 e. The number of terminal acetylenes is 2. The summed E-state index contributed by atoms with van der Waals surface area (Å²) in [6.45, 7) is 0. The predicted octanol–water partition coefficient (Wildman–Crippen LogP) is 1.89. The molecule has 0 aromatic heterocycles. The van der Waals surface area contributed by atoms with Crippen LogP contribution in [0.25, 0.3) is 11.1 Å². The van der Waals surface area contributed by atoms with Gasteiger partial charge < -0.3 is 21.7 Å². The second kappa shape index (κ2) is 4.79. The zero-order chi connectivity index (χ0) is 14.9. The van der Waals surface area contributed by atoms with E-state index in [1.54, 1.807) is 0 Å². The van der Waals surface area contributed by atoms with Gasteiger partial charge in [-0.05, 0) is 24.3 Å². The molecule has 0 heterocycles. The van der Waals surface area contributed by atoms with Crippen molar-refractivity contribution in [1.82, 2.24) is 0 Å². The van der Waals surface area contributed by atoms with Crippen LogP contribution >= 0.6 is 0 Å². The Morgan fingerprint density at radius 1 is 0.750 bits per heavy atom. The van der Waals surface area contributed by atoms with E-state index in [0.29, 0.717) is 22.3 Å². The number of nitrogen functional groups attached to an aromatic ring is 2. The van der Waals surface area contributed by atoms with Gasteiger partial charge in [0.15, 0.2) is 0 Å². The summed E-state index contributed by atoms with van der Waals surface area (Å²) in [5.41, 5.74) is 13.5. The zero-order valence-electron chi connectivity index (χ0n) is 10.5. The molecule has 0 spiro atoms. The molecule has 98 valence electrons. The highest BCUT2D eigenvalue weighted by molar-refractivity contribution is 5.83. The van der Waals surface area contributed by atoms with Crippen LogP contribution in [0.15, 0.2) is 24.3 Å². The highest BCUT2D eigenvalue weighted by atomic mass is 16.3. The molecule has 2 aromatic carbocycles. The van der Waals surface area contributed by atoms with Crippen molar-refractivity contribution in [3.63, 3.8) is 0 Å². The maximum atomic E-state index is 9.74. The summed E-state index contributed by atoms with van der Waals surface area (Å²) in [6.07, 6.45) is 10.9. The van der Waals surface area contributed by atoms with Crippen LogP contribution in [0.3, 0.4) is 0 Å². The number of hydrogen-bond acceptors (Lipinski definition) is 4. The molecule has 0 aliphatic heterocycles. The molecule has 0 saturated heterocycles. The average molecular weight is 264 g/mol. The Morgan fingerprint density at radius 2 is 1.10 bits per heavy atom. The summed E-state index contributed by atoms with van der Waals surface area (Å²) in [5.74, 6) is 4.72. The zero-order valence-corrected chi connectivity index (χ0v) is 10.5. The van der Waals surface area contributed by atoms with E-state index in [9.17, 15) is 10.2 Å². The SMILES string of the molecule is C#Cc1cc(N)c(O)cc1-c1cc(O)c(N)cc1C#C. The number of rotatable bonds is 1. The van der Waals surface area contributed by atoms with Crippen LogP contribution in [-0.2, 0) is 0 Å². The molecule has 6 N–H and O–H groups in total. The van der Waals surface area contributed by atoms with E-state index in [2.05, 4.69) is 11.8 Å². The second-order valence-corrected chi connectivity index (χ2v) is 4.20. The van der Waals surface area contributed by atoms with Gasteiger partial charge >= 0.3 is 0 Å². The molecule has 2 aromatic rings. The topological polar surface area (TPSA) is 92.5 Å². The fourth-order valence-corrected chi connectivity index (χ4v) is 1.89. The molecule has 0 unspecified atom stereocenters. The van der Waals surface area contributed by atoms with Gasteiger partial charge in [0.1, 0.15) is 11.5 Å². The van der Waals surface area contributed by atoms with Crippen molar-refractivity contribution in [1.29, 1.82) is 0 Å². The Balaban J connectivity index is 2.82. The summed E-state index contributed by atoms with van der Waals surface area (Å²) in [4.78, 5) is 0. The molecule has 4 heteroatoms. The molecular formula is C16H12N2O2.